The number of phenols is 1. The third-order valence-electron chi connectivity index (χ3n) is 3.67. The molecular formula is C16H19N3O3. The number of aromatic nitrogens is 3. The second kappa shape index (κ2) is 5.81. The Labute approximate surface area is 128 Å². The summed E-state index contributed by atoms with van der Waals surface area (Å²) in [4.78, 5) is 4.54. The number of hydrogen-bond donors (Lipinski definition) is 1. The van der Waals surface area contributed by atoms with E-state index in [2.05, 4.69) is 16.5 Å². The average Bonchev–Trinajstić information content (AvgIpc) is 2.83. The van der Waals surface area contributed by atoms with Crippen LogP contribution in [0.25, 0.3) is 21.9 Å². The van der Waals surface area contributed by atoms with Crippen LogP contribution in [-0.4, -0.2) is 21.3 Å². The highest BCUT2D eigenvalue weighted by Gasteiger charge is 2.18. The number of hydrogen-bond acceptors (Lipinski definition) is 4. The van der Waals surface area contributed by atoms with E-state index in [-0.39, 0.29) is 5.75 Å². The minimum atomic E-state index is 0.135. The maximum absolute atomic E-state index is 12.2. The molecule has 2 aromatic heterocycles. The Morgan fingerprint density at radius 1 is 1.36 bits per heavy atom. The molecule has 22 heavy (non-hydrogen) atoms. The van der Waals surface area contributed by atoms with Crippen LogP contribution in [0.15, 0.2) is 24.4 Å². The third kappa shape index (κ3) is 2.35. The van der Waals surface area contributed by atoms with E-state index >= 15 is 0 Å². The Kier molecular flexibility index (Phi) is 3.85. The zero-order chi connectivity index (χ0) is 15.7. The molecule has 0 atom stereocenters. The molecule has 0 spiro atoms. The molecule has 0 aliphatic heterocycles. The lowest BCUT2D eigenvalue weighted by Crippen LogP contribution is -2.26. The van der Waals surface area contributed by atoms with Gasteiger partial charge in [0.05, 0.1) is 10.9 Å². The Morgan fingerprint density at radius 3 is 2.91 bits per heavy atom. The van der Waals surface area contributed by atoms with Gasteiger partial charge in [0.25, 0.3) is 0 Å². The second-order valence-electron chi connectivity index (χ2n) is 5.21. The predicted octanol–water partition coefficient (Wildman–Crippen LogP) is 2.48. The van der Waals surface area contributed by atoms with E-state index in [1.54, 1.807) is 12.1 Å². The summed E-state index contributed by atoms with van der Waals surface area (Å²) in [6, 6.07) is 4.76. The molecule has 1 aromatic carbocycles. The Hall–Kier alpha value is -2.34. The van der Waals surface area contributed by atoms with E-state index in [9.17, 15) is 10.3 Å². The van der Waals surface area contributed by atoms with E-state index in [0.717, 1.165) is 29.0 Å². The Balaban J connectivity index is 2.34. The smallest absolute Gasteiger partial charge is 0.226 e. The van der Waals surface area contributed by atoms with Gasteiger partial charge >= 0.3 is 0 Å². The highest BCUT2D eigenvalue weighted by atomic mass is 16.5. The number of aryl methyl sites for hydroxylation is 1. The maximum Gasteiger partial charge on any atom is 0.226 e. The molecule has 6 heteroatoms. The average molecular weight is 301 g/mol. The van der Waals surface area contributed by atoms with Crippen LogP contribution in [-0.2, 0) is 17.9 Å². The van der Waals surface area contributed by atoms with Crippen molar-refractivity contribution in [3.05, 3.63) is 35.4 Å². The van der Waals surface area contributed by atoms with Crippen LogP contribution in [0.1, 0.15) is 26.1 Å². The number of aromatic hydroxyl groups is 1. The normalized spacial score (nSPS) is 11.5. The minimum absolute atomic E-state index is 0.135. The summed E-state index contributed by atoms with van der Waals surface area (Å²) in [5.41, 5.74) is 2.01. The van der Waals surface area contributed by atoms with Crippen molar-refractivity contribution in [1.29, 1.82) is 0 Å². The van der Waals surface area contributed by atoms with Crippen LogP contribution in [0.4, 0.5) is 0 Å². The molecule has 116 valence electrons. The summed E-state index contributed by atoms with van der Waals surface area (Å²) in [5, 5.41) is 22.6. The summed E-state index contributed by atoms with van der Waals surface area (Å²) < 4.78 is 8.36. The molecule has 0 unspecified atom stereocenters. The second-order valence-corrected chi connectivity index (χ2v) is 5.21. The number of imidazole rings is 1. The highest BCUT2D eigenvalue weighted by molar-refractivity contribution is 6.01. The van der Waals surface area contributed by atoms with E-state index < -0.39 is 0 Å². The van der Waals surface area contributed by atoms with Crippen LogP contribution < -0.4 is 4.73 Å². The van der Waals surface area contributed by atoms with Gasteiger partial charge in [-0.15, -0.1) is 0 Å². The largest absolute Gasteiger partial charge is 0.618 e. The van der Waals surface area contributed by atoms with Crippen molar-refractivity contribution in [2.24, 2.45) is 0 Å². The lowest BCUT2D eigenvalue weighted by atomic mass is 10.2. The fourth-order valence-corrected chi connectivity index (χ4v) is 2.75. The van der Waals surface area contributed by atoms with E-state index in [0.29, 0.717) is 29.6 Å². The maximum atomic E-state index is 12.2. The van der Waals surface area contributed by atoms with Gasteiger partial charge in [0.2, 0.25) is 11.7 Å². The number of nitrogens with zero attached hydrogens (tertiary/aromatic N) is 3. The van der Waals surface area contributed by atoms with Crippen LogP contribution in [0.3, 0.4) is 0 Å². The van der Waals surface area contributed by atoms with Gasteiger partial charge in [0, 0.05) is 19.2 Å². The number of phenolic OH excluding ortho intramolecular Hbond substituents is 1. The quantitative estimate of drug-likeness (QED) is 0.580. The number of benzene rings is 1. The molecule has 2 heterocycles. The van der Waals surface area contributed by atoms with Gasteiger partial charge in [0.15, 0.2) is 5.52 Å². The zero-order valence-electron chi connectivity index (χ0n) is 12.7. The fourth-order valence-electron chi connectivity index (χ4n) is 2.75. The topological polar surface area (TPSA) is 74.2 Å². The predicted molar refractivity (Wildman–Crippen MR) is 83.5 cm³/mol. The van der Waals surface area contributed by atoms with E-state index in [1.165, 1.54) is 12.3 Å². The molecule has 0 aliphatic rings. The highest BCUT2D eigenvalue weighted by Crippen LogP contribution is 2.27. The molecule has 3 rings (SSSR count). The van der Waals surface area contributed by atoms with Crippen molar-refractivity contribution >= 4 is 21.9 Å². The Morgan fingerprint density at radius 2 is 2.18 bits per heavy atom. The molecule has 3 aromatic rings. The van der Waals surface area contributed by atoms with Gasteiger partial charge in [-0.3, -0.25) is 0 Å². The summed E-state index contributed by atoms with van der Waals surface area (Å²) in [6.07, 6.45) is 2.42. The van der Waals surface area contributed by atoms with Crippen LogP contribution in [0.5, 0.6) is 5.75 Å². The van der Waals surface area contributed by atoms with Crippen LogP contribution in [0, 0.1) is 5.21 Å². The molecular weight excluding hydrogens is 282 g/mol. The van der Waals surface area contributed by atoms with Gasteiger partial charge in [-0.25, -0.2) is 4.98 Å². The molecule has 6 nitrogen and oxygen atoms in total. The summed E-state index contributed by atoms with van der Waals surface area (Å²) >= 11 is 0. The molecule has 0 radical (unpaired) electrons. The standard InChI is InChI=1S/C16H19N3O3/c1-3-7-18-15(10-22-4-2)17-13-9-19(21)14-6-5-11(20)8-12(14)16(13)18/h5-6,8-9,20H,3-4,7,10H2,1-2H3. The van der Waals surface area contributed by atoms with Crippen LogP contribution in [0.2, 0.25) is 0 Å². The first-order valence-electron chi connectivity index (χ1n) is 7.47. The van der Waals surface area contributed by atoms with Crippen molar-refractivity contribution in [2.45, 2.75) is 33.4 Å². The summed E-state index contributed by atoms with van der Waals surface area (Å²) in [7, 11) is 0. The first kappa shape index (κ1) is 14.6. The summed E-state index contributed by atoms with van der Waals surface area (Å²) in [6.45, 7) is 5.83. The molecule has 1 N–H and O–H groups in total. The third-order valence-corrected chi connectivity index (χ3v) is 3.67. The van der Waals surface area contributed by atoms with Gasteiger partial charge in [-0.1, -0.05) is 6.92 Å². The lowest BCUT2D eigenvalue weighted by molar-refractivity contribution is -0.575. The lowest BCUT2D eigenvalue weighted by Gasteiger charge is -2.09. The summed E-state index contributed by atoms with van der Waals surface area (Å²) in [5.74, 6) is 0.935. The molecule has 0 saturated heterocycles. The number of ether oxygens (including phenoxy) is 1. The monoisotopic (exact) mass is 301 g/mol. The van der Waals surface area contributed by atoms with Gasteiger partial charge in [-0.05, 0) is 25.5 Å². The van der Waals surface area contributed by atoms with E-state index in [1.807, 2.05) is 6.92 Å². The SMILES string of the molecule is CCCn1c(COCC)nc2c[n+]([O-])c3ccc(O)cc3c21. The van der Waals surface area contributed by atoms with Gasteiger partial charge in [-0.2, -0.15) is 4.73 Å². The van der Waals surface area contributed by atoms with Crippen molar-refractivity contribution in [2.75, 3.05) is 6.61 Å². The molecule has 0 amide bonds. The fraction of sp³-hybridized carbons (Fsp3) is 0.375. The first-order valence-corrected chi connectivity index (χ1v) is 7.47. The van der Waals surface area contributed by atoms with E-state index in [4.69, 9.17) is 4.74 Å². The number of pyridine rings is 1. The number of rotatable bonds is 5. The zero-order valence-corrected chi connectivity index (χ0v) is 12.7. The van der Waals surface area contributed by atoms with Crippen molar-refractivity contribution in [1.82, 2.24) is 9.55 Å². The first-order chi connectivity index (χ1) is 10.7. The van der Waals surface area contributed by atoms with Crippen LogP contribution >= 0.6 is 0 Å². The van der Waals surface area contributed by atoms with Crippen molar-refractivity contribution in [3.8, 4) is 5.75 Å². The van der Waals surface area contributed by atoms with Crippen molar-refractivity contribution < 1.29 is 14.6 Å². The molecule has 0 fully saturated rings. The molecule has 0 aliphatic carbocycles. The molecule has 0 saturated carbocycles. The number of fused-ring (bicyclic) bond motifs is 3. The van der Waals surface area contributed by atoms with Crippen molar-refractivity contribution in [3.63, 3.8) is 0 Å². The van der Waals surface area contributed by atoms with Gasteiger partial charge in [0.1, 0.15) is 18.2 Å². The molecule has 0 bridgehead atoms. The Bertz CT molecular complexity index is 826. The van der Waals surface area contributed by atoms with Gasteiger partial charge < -0.3 is 19.6 Å². The minimum Gasteiger partial charge on any atom is -0.618 e.